The Bertz CT molecular complexity index is 1230. The van der Waals surface area contributed by atoms with Crippen LogP contribution in [0, 0.1) is 5.92 Å². The van der Waals surface area contributed by atoms with Crippen LogP contribution in [-0.2, 0) is 12.8 Å². The molecule has 254 valence electrons. The number of hydrogen-bond acceptors (Lipinski definition) is 7. The van der Waals surface area contributed by atoms with Crippen LogP contribution in [0.15, 0.2) is 42.5 Å². The second-order valence-electron chi connectivity index (χ2n) is 14.3. The molecule has 9 heteroatoms. The molecular formula is C37H55Cl2N5O2. The molecular weight excluding hydrogens is 617 g/mol. The number of piperazine rings is 2. The van der Waals surface area contributed by atoms with Crippen molar-refractivity contribution in [1.82, 2.24) is 24.9 Å². The second kappa shape index (κ2) is 16.8. The molecule has 0 radical (unpaired) electrons. The maximum absolute atomic E-state index is 10.0. The van der Waals surface area contributed by atoms with Gasteiger partial charge in [-0.1, -0.05) is 60.7 Å². The van der Waals surface area contributed by atoms with E-state index in [2.05, 4.69) is 43.1 Å². The van der Waals surface area contributed by atoms with Crippen molar-refractivity contribution in [3.63, 3.8) is 0 Å². The zero-order chi connectivity index (χ0) is 31.9. The van der Waals surface area contributed by atoms with Crippen LogP contribution in [0.2, 0.25) is 10.0 Å². The van der Waals surface area contributed by atoms with Crippen molar-refractivity contribution in [3.8, 4) is 5.75 Å². The number of aromatic hydroxyl groups is 1. The minimum atomic E-state index is 0.238. The Morgan fingerprint density at radius 3 is 2.37 bits per heavy atom. The van der Waals surface area contributed by atoms with Gasteiger partial charge in [-0.2, -0.15) is 0 Å². The monoisotopic (exact) mass is 671 g/mol. The smallest absolute Gasteiger partial charge is 0.115 e. The molecule has 2 aromatic rings. The van der Waals surface area contributed by atoms with E-state index < -0.39 is 0 Å². The van der Waals surface area contributed by atoms with Gasteiger partial charge in [0, 0.05) is 83.1 Å². The van der Waals surface area contributed by atoms with Crippen LogP contribution in [0.5, 0.6) is 5.75 Å². The largest absolute Gasteiger partial charge is 0.508 e. The molecule has 0 aromatic heterocycles. The van der Waals surface area contributed by atoms with Gasteiger partial charge in [-0.25, -0.2) is 0 Å². The van der Waals surface area contributed by atoms with Crippen LogP contribution in [0.4, 0.5) is 0 Å². The highest BCUT2D eigenvalue weighted by Gasteiger charge is 2.38. The number of phenolic OH excluding ortho intramolecular Hbond substituents is 1. The van der Waals surface area contributed by atoms with E-state index in [4.69, 9.17) is 23.2 Å². The number of phenols is 1. The van der Waals surface area contributed by atoms with Gasteiger partial charge in [-0.3, -0.25) is 19.6 Å². The van der Waals surface area contributed by atoms with Gasteiger partial charge in [-0.05, 0) is 86.4 Å². The Labute approximate surface area is 286 Å². The van der Waals surface area contributed by atoms with Gasteiger partial charge < -0.3 is 15.5 Å². The average molecular weight is 673 g/mol. The highest BCUT2D eigenvalue weighted by atomic mass is 35.5. The third kappa shape index (κ3) is 8.97. The first-order valence-electron chi connectivity index (χ1n) is 18.0. The fourth-order valence-corrected chi connectivity index (χ4v) is 9.06. The Morgan fingerprint density at radius 1 is 0.783 bits per heavy atom. The zero-order valence-electron chi connectivity index (χ0n) is 27.5. The topological polar surface area (TPSA) is 65.5 Å². The number of nitrogens with zero attached hydrogens (tertiary/aromatic N) is 4. The van der Waals surface area contributed by atoms with Crippen LogP contribution in [0.25, 0.3) is 0 Å². The van der Waals surface area contributed by atoms with E-state index in [1.165, 1.54) is 69.2 Å². The van der Waals surface area contributed by atoms with Gasteiger partial charge in [0.05, 0.1) is 16.7 Å². The number of halogens is 2. The number of aliphatic hydroxyl groups excluding tert-OH is 1. The SMILES string of the molecule is OC[C@@H]1CNCCN1C[C@@H]1CCCN1C[C@H](C1CCCCC1)N1CCN(CCc2ccc(Cl)c(Cl)c2)[C@H](Cc2ccc(O)cc2)C1. The predicted molar refractivity (Wildman–Crippen MR) is 189 cm³/mol. The maximum atomic E-state index is 10.0. The normalized spacial score (nSPS) is 26.9. The quantitative estimate of drug-likeness (QED) is 0.289. The summed E-state index contributed by atoms with van der Waals surface area (Å²) in [6.07, 6.45) is 11.3. The molecule has 3 N–H and O–H groups in total. The first kappa shape index (κ1) is 34.4. The maximum Gasteiger partial charge on any atom is 0.115 e. The molecule has 3 saturated heterocycles. The fraction of sp³-hybridized carbons (Fsp3) is 0.676. The molecule has 4 fully saturated rings. The molecule has 2 aromatic carbocycles. The summed E-state index contributed by atoms with van der Waals surface area (Å²) in [5.74, 6) is 1.09. The van der Waals surface area contributed by atoms with E-state index in [1.807, 2.05) is 24.3 Å². The van der Waals surface area contributed by atoms with Crippen molar-refractivity contribution in [3.05, 3.63) is 63.6 Å². The number of hydrogen-bond donors (Lipinski definition) is 3. The standard InChI is InChI=1S/C37H55Cl2N5O2/c38-35-13-10-29(22-36(35)39)14-17-41-19-20-44(25-32(41)21-28-8-11-34(46)12-9-28)37(30-5-2-1-3-6-30)26-42-16-4-7-31(42)24-43-18-15-40-23-33(43)27-45/h8-13,22,30-33,37,40,45-46H,1-7,14-21,23-27H2/t31-,32+,33-,37+/m0/s1. The van der Waals surface area contributed by atoms with Crippen molar-refractivity contribution in [2.24, 2.45) is 5.92 Å². The lowest BCUT2D eigenvalue weighted by Crippen LogP contribution is -2.61. The highest BCUT2D eigenvalue weighted by molar-refractivity contribution is 6.42. The zero-order valence-corrected chi connectivity index (χ0v) is 29.0. The number of nitrogens with one attached hydrogen (secondary N) is 1. The second-order valence-corrected chi connectivity index (χ2v) is 15.2. The molecule has 1 saturated carbocycles. The van der Waals surface area contributed by atoms with Crippen molar-refractivity contribution in [2.45, 2.75) is 82.0 Å². The summed E-state index contributed by atoms with van der Waals surface area (Å²) in [6, 6.07) is 15.7. The molecule has 1 aliphatic carbocycles. The van der Waals surface area contributed by atoms with Crippen molar-refractivity contribution >= 4 is 23.2 Å². The van der Waals surface area contributed by atoms with Crippen molar-refractivity contribution in [1.29, 1.82) is 0 Å². The van der Waals surface area contributed by atoms with Crippen LogP contribution in [-0.4, -0.2) is 126 Å². The molecule has 3 aliphatic heterocycles. The number of rotatable bonds is 12. The Balaban J connectivity index is 1.17. The molecule has 0 amide bonds. The van der Waals surface area contributed by atoms with Gasteiger partial charge in [0.25, 0.3) is 0 Å². The number of likely N-dealkylation sites (tertiary alicyclic amines) is 1. The molecule has 3 heterocycles. The summed E-state index contributed by atoms with van der Waals surface area (Å²) >= 11 is 12.6. The van der Waals surface area contributed by atoms with Crippen LogP contribution >= 0.6 is 23.2 Å². The van der Waals surface area contributed by atoms with E-state index in [-0.39, 0.29) is 12.6 Å². The fourth-order valence-electron chi connectivity index (χ4n) is 8.74. The minimum absolute atomic E-state index is 0.238. The van der Waals surface area contributed by atoms with Crippen molar-refractivity contribution in [2.75, 3.05) is 72.1 Å². The van der Waals surface area contributed by atoms with Gasteiger partial charge >= 0.3 is 0 Å². The molecule has 4 aliphatic rings. The Hall–Kier alpha value is -1.42. The molecule has 0 bridgehead atoms. The molecule has 0 spiro atoms. The van der Waals surface area contributed by atoms with Crippen LogP contribution in [0.1, 0.15) is 56.1 Å². The van der Waals surface area contributed by atoms with E-state index in [9.17, 15) is 10.2 Å². The summed E-state index contributed by atoms with van der Waals surface area (Å²) in [5.41, 5.74) is 2.51. The van der Waals surface area contributed by atoms with Gasteiger partial charge in [0.1, 0.15) is 5.75 Å². The van der Waals surface area contributed by atoms with Crippen LogP contribution in [0.3, 0.4) is 0 Å². The first-order valence-corrected chi connectivity index (χ1v) is 18.7. The van der Waals surface area contributed by atoms with Gasteiger partial charge in [0.2, 0.25) is 0 Å². The predicted octanol–water partition coefficient (Wildman–Crippen LogP) is 5.15. The Kier molecular flexibility index (Phi) is 12.6. The highest BCUT2D eigenvalue weighted by Crippen LogP contribution is 2.33. The lowest BCUT2D eigenvalue weighted by atomic mass is 9.82. The summed E-state index contributed by atoms with van der Waals surface area (Å²) < 4.78 is 0. The number of aliphatic hydroxyl groups is 1. The Morgan fingerprint density at radius 2 is 1.59 bits per heavy atom. The summed E-state index contributed by atoms with van der Waals surface area (Å²) in [4.78, 5) is 11.0. The molecule has 4 atom stereocenters. The summed E-state index contributed by atoms with van der Waals surface area (Å²) in [6.45, 7) is 10.9. The van der Waals surface area contributed by atoms with Crippen LogP contribution < -0.4 is 5.32 Å². The summed E-state index contributed by atoms with van der Waals surface area (Å²) in [7, 11) is 0. The lowest BCUT2D eigenvalue weighted by molar-refractivity contribution is 0.00253. The summed E-state index contributed by atoms with van der Waals surface area (Å²) in [5, 5.41) is 24.7. The minimum Gasteiger partial charge on any atom is -0.508 e. The lowest BCUT2D eigenvalue weighted by Gasteiger charge is -2.49. The first-order chi connectivity index (χ1) is 22.5. The molecule has 46 heavy (non-hydrogen) atoms. The average Bonchev–Trinajstić information content (AvgIpc) is 3.52. The molecule has 7 nitrogen and oxygen atoms in total. The third-order valence-electron chi connectivity index (χ3n) is 11.4. The number of benzene rings is 2. The third-order valence-corrected chi connectivity index (χ3v) is 12.2. The van der Waals surface area contributed by atoms with E-state index in [0.717, 1.165) is 71.1 Å². The van der Waals surface area contributed by atoms with E-state index in [1.54, 1.807) is 0 Å². The van der Waals surface area contributed by atoms with Crippen molar-refractivity contribution < 1.29 is 10.2 Å². The van der Waals surface area contributed by atoms with E-state index in [0.29, 0.717) is 33.9 Å². The molecule has 0 unspecified atom stereocenters. The van der Waals surface area contributed by atoms with Gasteiger partial charge in [0.15, 0.2) is 0 Å². The van der Waals surface area contributed by atoms with E-state index >= 15 is 0 Å². The van der Waals surface area contributed by atoms with Gasteiger partial charge in [-0.15, -0.1) is 0 Å². The molecule has 6 rings (SSSR count).